The van der Waals surface area contributed by atoms with Crippen LogP contribution in [0.3, 0.4) is 0 Å². The average molecular weight is 572 g/mol. The van der Waals surface area contributed by atoms with Gasteiger partial charge in [0.15, 0.2) is 15.8 Å². The molecule has 0 unspecified atom stereocenters. The lowest BCUT2D eigenvalue weighted by molar-refractivity contribution is 0.599. The number of halogens is 2. The number of aliphatic imine (C=N–C) groups is 1. The normalized spacial score (nSPS) is 11.9. The van der Waals surface area contributed by atoms with E-state index in [9.17, 15) is 12.8 Å². The Bertz CT molecular complexity index is 1190. The molecule has 0 saturated heterocycles. The third-order valence-electron chi connectivity index (χ3n) is 5.21. The van der Waals surface area contributed by atoms with E-state index in [0.29, 0.717) is 23.6 Å². The first-order chi connectivity index (χ1) is 14.8. The predicted octanol–water partition coefficient (Wildman–Crippen LogP) is 3.94. The number of guanidine groups is 1. The van der Waals surface area contributed by atoms with Crippen LogP contribution < -0.4 is 10.6 Å². The molecule has 3 rings (SSSR count). The summed E-state index contributed by atoms with van der Waals surface area (Å²) in [5, 5.41) is 7.64. The van der Waals surface area contributed by atoms with Gasteiger partial charge in [-0.05, 0) is 47.2 Å². The van der Waals surface area contributed by atoms with Crippen LogP contribution in [-0.4, -0.2) is 39.2 Å². The van der Waals surface area contributed by atoms with Gasteiger partial charge in [-0.25, -0.2) is 12.8 Å². The number of rotatable bonds is 8. The van der Waals surface area contributed by atoms with Crippen LogP contribution in [0.1, 0.15) is 29.2 Å². The number of para-hydroxylation sites is 1. The minimum absolute atomic E-state index is 0. The Labute approximate surface area is 206 Å². The molecule has 2 aromatic carbocycles. The summed E-state index contributed by atoms with van der Waals surface area (Å²) in [7, 11) is -1.55. The fourth-order valence-electron chi connectivity index (χ4n) is 3.67. The van der Waals surface area contributed by atoms with E-state index in [2.05, 4.69) is 45.7 Å². The lowest BCUT2D eigenvalue weighted by Gasteiger charge is -2.14. The number of fused-ring (bicyclic) bond motifs is 1. The van der Waals surface area contributed by atoms with Crippen LogP contribution in [0.5, 0.6) is 0 Å². The van der Waals surface area contributed by atoms with Crippen molar-refractivity contribution in [1.82, 2.24) is 15.6 Å². The van der Waals surface area contributed by atoms with Gasteiger partial charge in [-0.15, -0.1) is 24.0 Å². The van der Waals surface area contributed by atoms with Gasteiger partial charge in [0.25, 0.3) is 0 Å². The Kier molecular flexibility index (Phi) is 9.50. The Hall–Kier alpha value is -2.14. The van der Waals surface area contributed by atoms with Gasteiger partial charge in [0, 0.05) is 43.5 Å². The van der Waals surface area contributed by atoms with Crippen molar-refractivity contribution in [3.63, 3.8) is 0 Å². The number of sulfone groups is 1. The van der Waals surface area contributed by atoms with E-state index in [1.54, 1.807) is 7.05 Å². The molecule has 6 nitrogen and oxygen atoms in total. The molecule has 0 aliphatic carbocycles. The lowest BCUT2D eigenvalue weighted by atomic mass is 10.1. The van der Waals surface area contributed by atoms with Crippen LogP contribution in [-0.2, 0) is 35.0 Å². The highest BCUT2D eigenvalue weighted by Crippen LogP contribution is 2.22. The van der Waals surface area contributed by atoms with E-state index in [4.69, 9.17) is 0 Å². The number of aryl methyl sites for hydroxylation is 1. The molecule has 174 valence electrons. The van der Waals surface area contributed by atoms with Crippen LogP contribution in [0.15, 0.2) is 47.6 Å². The molecule has 0 bridgehead atoms. The van der Waals surface area contributed by atoms with Gasteiger partial charge >= 0.3 is 0 Å². The Morgan fingerprint density at radius 1 is 1.09 bits per heavy atom. The molecule has 1 heterocycles. The highest BCUT2D eigenvalue weighted by molar-refractivity contribution is 14.0. The highest BCUT2D eigenvalue weighted by atomic mass is 127. The zero-order valence-electron chi connectivity index (χ0n) is 18.5. The van der Waals surface area contributed by atoms with Gasteiger partial charge in [-0.1, -0.05) is 31.2 Å². The monoisotopic (exact) mass is 572 g/mol. The van der Waals surface area contributed by atoms with Crippen LogP contribution in [0, 0.1) is 5.82 Å². The minimum Gasteiger partial charge on any atom is -0.361 e. The first-order valence-electron chi connectivity index (χ1n) is 10.3. The second-order valence-electron chi connectivity index (χ2n) is 7.59. The van der Waals surface area contributed by atoms with Crippen LogP contribution >= 0.6 is 24.0 Å². The molecule has 0 aliphatic heterocycles. The third-order valence-corrected chi connectivity index (χ3v) is 6.05. The standard InChI is InChI=1S/C23H29FN4O2S.HI/c1-4-16-6-5-7-21-17(13-27-22(16)21)10-11-26-23(25-2)28-14-19-12-20(24)9-8-18(19)15-31(3,29)30;/h5-9,12-13,27H,4,10-11,14-15H2,1-3H3,(H2,25,26,28);1H. The van der Waals surface area contributed by atoms with Gasteiger partial charge in [-0.2, -0.15) is 0 Å². The number of hydrogen-bond donors (Lipinski definition) is 3. The summed E-state index contributed by atoms with van der Waals surface area (Å²) < 4.78 is 37.0. The molecule has 0 spiro atoms. The zero-order chi connectivity index (χ0) is 22.4. The fraction of sp³-hybridized carbons (Fsp3) is 0.348. The van der Waals surface area contributed by atoms with Gasteiger partial charge in [0.1, 0.15) is 5.82 Å². The number of aromatic nitrogens is 1. The summed E-state index contributed by atoms with van der Waals surface area (Å²) in [6, 6.07) is 10.5. The third kappa shape index (κ3) is 6.93. The van der Waals surface area contributed by atoms with E-state index < -0.39 is 15.7 Å². The second kappa shape index (κ2) is 11.6. The first kappa shape index (κ1) is 26.1. The maximum Gasteiger partial charge on any atom is 0.191 e. The summed E-state index contributed by atoms with van der Waals surface area (Å²) in [5.41, 5.74) is 4.89. The summed E-state index contributed by atoms with van der Waals surface area (Å²) in [6.07, 6.45) is 5.01. The van der Waals surface area contributed by atoms with Gasteiger partial charge in [-0.3, -0.25) is 4.99 Å². The van der Waals surface area contributed by atoms with Crippen molar-refractivity contribution < 1.29 is 12.8 Å². The molecular weight excluding hydrogens is 542 g/mol. The van der Waals surface area contributed by atoms with Gasteiger partial charge in [0.05, 0.1) is 5.75 Å². The second-order valence-corrected chi connectivity index (χ2v) is 9.73. The van der Waals surface area contributed by atoms with Crippen molar-refractivity contribution in [3.8, 4) is 0 Å². The molecule has 0 saturated carbocycles. The first-order valence-corrected chi connectivity index (χ1v) is 12.3. The smallest absolute Gasteiger partial charge is 0.191 e. The van der Waals surface area contributed by atoms with E-state index in [1.807, 2.05) is 6.20 Å². The minimum atomic E-state index is -3.22. The Balaban J connectivity index is 0.00000363. The zero-order valence-corrected chi connectivity index (χ0v) is 21.7. The van der Waals surface area contributed by atoms with E-state index in [-0.39, 0.29) is 36.3 Å². The maximum absolute atomic E-state index is 13.7. The number of nitrogens with zero attached hydrogens (tertiary/aromatic N) is 1. The quantitative estimate of drug-likeness (QED) is 0.217. The predicted molar refractivity (Wildman–Crippen MR) is 140 cm³/mol. The number of hydrogen-bond acceptors (Lipinski definition) is 3. The van der Waals surface area contributed by atoms with Crippen molar-refractivity contribution in [2.24, 2.45) is 4.99 Å². The number of H-pyrrole nitrogens is 1. The molecule has 32 heavy (non-hydrogen) atoms. The molecule has 9 heteroatoms. The van der Waals surface area contributed by atoms with Gasteiger partial charge in [0.2, 0.25) is 0 Å². The van der Waals surface area contributed by atoms with Crippen molar-refractivity contribution >= 4 is 50.7 Å². The van der Waals surface area contributed by atoms with Crippen LogP contribution in [0.2, 0.25) is 0 Å². The molecule has 0 radical (unpaired) electrons. The van der Waals surface area contributed by atoms with Crippen LogP contribution in [0.4, 0.5) is 4.39 Å². The number of nitrogens with one attached hydrogen (secondary N) is 3. The SMILES string of the molecule is CCc1cccc2c(CCNC(=NC)NCc3cc(F)ccc3CS(C)(=O)=O)c[nH]c12.I. The average Bonchev–Trinajstić information content (AvgIpc) is 3.14. The summed E-state index contributed by atoms with van der Waals surface area (Å²) >= 11 is 0. The molecule has 1 aromatic heterocycles. The number of aromatic amines is 1. The molecular formula is C23H30FIN4O2S. The van der Waals surface area contributed by atoms with Gasteiger partial charge < -0.3 is 15.6 Å². The molecule has 0 aliphatic rings. The van der Waals surface area contributed by atoms with Crippen LogP contribution in [0.25, 0.3) is 10.9 Å². The molecule has 0 atom stereocenters. The Morgan fingerprint density at radius 3 is 2.56 bits per heavy atom. The van der Waals surface area contributed by atoms with Crippen molar-refractivity contribution in [2.45, 2.75) is 32.1 Å². The van der Waals surface area contributed by atoms with E-state index in [1.165, 1.54) is 46.5 Å². The Morgan fingerprint density at radius 2 is 1.88 bits per heavy atom. The van der Waals surface area contributed by atoms with Crippen molar-refractivity contribution in [3.05, 3.63) is 70.7 Å². The molecule has 0 fully saturated rings. The molecule has 0 amide bonds. The number of benzene rings is 2. The fourth-order valence-corrected chi connectivity index (χ4v) is 4.52. The highest BCUT2D eigenvalue weighted by Gasteiger charge is 2.11. The van der Waals surface area contributed by atoms with Crippen molar-refractivity contribution in [1.29, 1.82) is 0 Å². The van der Waals surface area contributed by atoms with E-state index in [0.717, 1.165) is 12.8 Å². The molecule has 3 aromatic rings. The summed E-state index contributed by atoms with van der Waals surface area (Å²) in [4.78, 5) is 7.59. The van der Waals surface area contributed by atoms with Crippen molar-refractivity contribution in [2.75, 3.05) is 19.8 Å². The van der Waals surface area contributed by atoms with E-state index >= 15 is 0 Å². The lowest BCUT2D eigenvalue weighted by Crippen LogP contribution is -2.38. The summed E-state index contributed by atoms with van der Waals surface area (Å²) in [5.74, 6) is 0.0443. The maximum atomic E-state index is 13.7. The summed E-state index contributed by atoms with van der Waals surface area (Å²) in [6.45, 7) is 3.09. The topological polar surface area (TPSA) is 86.3 Å². The molecule has 3 N–H and O–H groups in total. The largest absolute Gasteiger partial charge is 0.361 e.